The lowest BCUT2D eigenvalue weighted by molar-refractivity contribution is 0.336. The standard InChI is InChI=1S/C24H20Cl2N4O4/c25-17-7-3-15(4-8-17)21-29-19(23(31)33-21)13-27-11-1-2-12-28-14-20-24(32)34-22(30-20)16-5-9-18(26)10-6-16/h3-10,13-14,31-32H,1-2,11-12H2. The highest BCUT2D eigenvalue weighted by Gasteiger charge is 2.13. The Balaban J connectivity index is 1.23. The molecular weight excluding hydrogens is 479 g/mol. The second kappa shape index (κ2) is 11.0. The molecule has 0 spiro atoms. The lowest BCUT2D eigenvalue weighted by Crippen LogP contribution is -1.90. The van der Waals surface area contributed by atoms with Crippen LogP contribution in [-0.2, 0) is 0 Å². The average Bonchev–Trinajstić information content (AvgIpc) is 3.38. The van der Waals surface area contributed by atoms with Crippen LogP contribution in [-0.4, -0.2) is 45.7 Å². The summed E-state index contributed by atoms with van der Waals surface area (Å²) >= 11 is 11.8. The van der Waals surface area contributed by atoms with Crippen molar-refractivity contribution in [2.45, 2.75) is 12.8 Å². The number of hydrogen-bond donors (Lipinski definition) is 2. The highest BCUT2D eigenvalue weighted by Crippen LogP contribution is 2.27. The Morgan fingerprint density at radius 1 is 0.676 bits per heavy atom. The Morgan fingerprint density at radius 2 is 1.06 bits per heavy atom. The first-order valence-corrected chi connectivity index (χ1v) is 11.2. The van der Waals surface area contributed by atoms with Gasteiger partial charge in [0.05, 0.1) is 12.4 Å². The van der Waals surface area contributed by atoms with Crippen molar-refractivity contribution in [2.75, 3.05) is 13.1 Å². The molecule has 0 atom stereocenters. The van der Waals surface area contributed by atoms with Crippen molar-refractivity contribution in [1.82, 2.24) is 9.97 Å². The maximum absolute atomic E-state index is 9.93. The zero-order valence-corrected chi connectivity index (χ0v) is 19.4. The highest BCUT2D eigenvalue weighted by molar-refractivity contribution is 6.30. The third-order valence-electron chi connectivity index (χ3n) is 4.70. The fourth-order valence-electron chi connectivity index (χ4n) is 2.96. The molecule has 0 radical (unpaired) electrons. The number of aromatic hydroxyl groups is 2. The van der Waals surface area contributed by atoms with Crippen LogP contribution in [0.15, 0.2) is 67.4 Å². The zero-order valence-electron chi connectivity index (χ0n) is 17.9. The summed E-state index contributed by atoms with van der Waals surface area (Å²) < 4.78 is 10.6. The van der Waals surface area contributed by atoms with Crippen molar-refractivity contribution in [1.29, 1.82) is 0 Å². The van der Waals surface area contributed by atoms with Crippen molar-refractivity contribution >= 4 is 35.6 Å². The van der Waals surface area contributed by atoms with Gasteiger partial charge in [-0.05, 0) is 61.4 Å². The van der Waals surface area contributed by atoms with Gasteiger partial charge in [0.1, 0.15) is 0 Å². The van der Waals surface area contributed by atoms with E-state index in [-0.39, 0.29) is 23.3 Å². The van der Waals surface area contributed by atoms with E-state index in [2.05, 4.69) is 20.0 Å². The van der Waals surface area contributed by atoms with Crippen molar-refractivity contribution in [2.24, 2.45) is 9.98 Å². The van der Waals surface area contributed by atoms with Crippen LogP contribution in [0.2, 0.25) is 10.0 Å². The molecule has 0 saturated carbocycles. The van der Waals surface area contributed by atoms with Gasteiger partial charge in [-0.2, -0.15) is 0 Å². The first kappa shape index (κ1) is 23.5. The van der Waals surface area contributed by atoms with Crippen LogP contribution in [0, 0.1) is 0 Å². The van der Waals surface area contributed by atoms with E-state index in [4.69, 9.17) is 32.0 Å². The van der Waals surface area contributed by atoms with Crippen LogP contribution in [0.25, 0.3) is 22.9 Å². The normalized spacial score (nSPS) is 11.7. The number of aliphatic imine (C=N–C) groups is 2. The van der Waals surface area contributed by atoms with Gasteiger partial charge >= 0.3 is 11.9 Å². The second-order valence-electron chi connectivity index (χ2n) is 7.21. The van der Waals surface area contributed by atoms with E-state index >= 15 is 0 Å². The molecule has 0 saturated heterocycles. The van der Waals surface area contributed by atoms with Gasteiger partial charge < -0.3 is 19.0 Å². The van der Waals surface area contributed by atoms with E-state index < -0.39 is 0 Å². The number of benzene rings is 2. The molecule has 0 bridgehead atoms. The molecule has 2 N–H and O–H groups in total. The summed E-state index contributed by atoms with van der Waals surface area (Å²) in [5.74, 6) is 0.00736. The quantitative estimate of drug-likeness (QED) is 0.214. The predicted molar refractivity (Wildman–Crippen MR) is 131 cm³/mol. The van der Waals surface area contributed by atoms with Crippen LogP contribution in [0.3, 0.4) is 0 Å². The van der Waals surface area contributed by atoms with Gasteiger partial charge in [0.15, 0.2) is 11.4 Å². The highest BCUT2D eigenvalue weighted by atomic mass is 35.5. The summed E-state index contributed by atoms with van der Waals surface area (Å²) in [6, 6.07) is 13.9. The van der Waals surface area contributed by atoms with Gasteiger partial charge in [0, 0.05) is 34.3 Å². The summed E-state index contributed by atoms with van der Waals surface area (Å²) in [6.45, 7) is 1.07. The van der Waals surface area contributed by atoms with Gasteiger partial charge in [-0.1, -0.05) is 23.2 Å². The molecule has 4 aromatic rings. The third kappa shape index (κ3) is 6.03. The van der Waals surface area contributed by atoms with Crippen LogP contribution < -0.4 is 0 Å². The van der Waals surface area contributed by atoms with E-state index in [1.54, 1.807) is 48.5 Å². The largest absolute Gasteiger partial charge is 0.479 e. The molecule has 0 unspecified atom stereocenters. The lowest BCUT2D eigenvalue weighted by Gasteiger charge is -1.94. The van der Waals surface area contributed by atoms with Gasteiger partial charge in [-0.15, -0.1) is 0 Å². The van der Waals surface area contributed by atoms with Gasteiger partial charge in [-0.25, -0.2) is 9.97 Å². The molecule has 2 aromatic carbocycles. The molecule has 8 nitrogen and oxygen atoms in total. The van der Waals surface area contributed by atoms with Crippen molar-refractivity contribution in [3.05, 3.63) is 70.0 Å². The van der Waals surface area contributed by atoms with Crippen molar-refractivity contribution < 1.29 is 19.0 Å². The molecule has 0 aliphatic heterocycles. The molecule has 2 heterocycles. The predicted octanol–water partition coefficient (Wildman–Crippen LogP) is 6.03. The Morgan fingerprint density at radius 3 is 1.44 bits per heavy atom. The molecule has 2 aromatic heterocycles. The summed E-state index contributed by atoms with van der Waals surface area (Å²) in [7, 11) is 0. The topological polar surface area (TPSA) is 117 Å². The van der Waals surface area contributed by atoms with Crippen molar-refractivity contribution in [3.8, 4) is 34.8 Å². The average molecular weight is 499 g/mol. The first-order valence-electron chi connectivity index (χ1n) is 10.4. The van der Waals surface area contributed by atoms with Gasteiger partial charge in [0.2, 0.25) is 11.8 Å². The minimum absolute atomic E-state index is 0.265. The summed E-state index contributed by atoms with van der Waals surface area (Å²) in [5.41, 5.74) is 1.94. The molecule has 0 aliphatic rings. The minimum Gasteiger partial charge on any atom is -0.479 e. The number of nitrogens with zero attached hydrogens (tertiary/aromatic N) is 4. The monoisotopic (exact) mass is 498 g/mol. The van der Waals surface area contributed by atoms with Gasteiger partial charge in [0.25, 0.3) is 0 Å². The lowest BCUT2D eigenvalue weighted by atomic mass is 10.2. The van der Waals surface area contributed by atoms with E-state index in [9.17, 15) is 10.2 Å². The molecular formula is C24H20Cl2N4O4. The van der Waals surface area contributed by atoms with E-state index in [1.807, 2.05) is 0 Å². The fraction of sp³-hybridized carbons (Fsp3) is 0.167. The van der Waals surface area contributed by atoms with Crippen LogP contribution in [0.4, 0.5) is 0 Å². The summed E-state index contributed by atoms with van der Waals surface area (Å²) in [4.78, 5) is 17.1. The maximum Gasteiger partial charge on any atom is 0.312 e. The van der Waals surface area contributed by atoms with Crippen LogP contribution >= 0.6 is 23.2 Å². The van der Waals surface area contributed by atoms with E-state index in [0.717, 1.165) is 12.8 Å². The number of halogens is 2. The Hall–Kier alpha value is -3.62. The second-order valence-corrected chi connectivity index (χ2v) is 8.08. The Bertz CT molecular complexity index is 1190. The Labute approximate surface area is 205 Å². The number of hydrogen-bond acceptors (Lipinski definition) is 8. The third-order valence-corrected chi connectivity index (χ3v) is 5.21. The zero-order chi connectivity index (χ0) is 23.9. The molecule has 0 fully saturated rings. The number of unbranched alkanes of at least 4 members (excludes halogenated alkanes) is 1. The molecule has 0 aliphatic carbocycles. The fourth-order valence-corrected chi connectivity index (χ4v) is 3.21. The van der Waals surface area contributed by atoms with Crippen LogP contribution in [0.1, 0.15) is 24.2 Å². The molecule has 0 amide bonds. The molecule has 34 heavy (non-hydrogen) atoms. The van der Waals surface area contributed by atoms with E-state index in [0.29, 0.717) is 46.0 Å². The maximum atomic E-state index is 9.93. The number of aromatic nitrogens is 2. The number of rotatable bonds is 9. The minimum atomic E-state index is -0.288. The first-order chi connectivity index (χ1) is 16.5. The van der Waals surface area contributed by atoms with E-state index in [1.165, 1.54) is 12.4 Å². The smallest absolute Gasteiger partial charge is 0.312 e. The number of oxazole rings is 2. The van der Waals surface area contributed by atoms with Gasteiger partial charge in [-0.3, -0.25) is 9.98 Å². The van der Waals surface area contributed by atoms with Crippen LogP contribution in [0.5, 0.6) is 11.9 Å². The van der Waals surface area contributed by atoms with Crippen molar-refractivity contribution in [3.63, 3.8) is 0 Å². The molecule has 10 heteroatoms. The summed E-state index contributed by atoms with van der Waals surface area (Å²) in [6.07, 6.45) is 4.51. The Kier molecular flexibility index (Phi) is 7.61. The molecule has 174 valence electrons. The summed E-state index contributed by atoms with van der Waals surface area (Å²) in [5, 5.41) is 21.1. The SMILES string of the molecule is Oc1oc(-c2ccc(Cl)cc2)nc1C=NCCCCN=Cc1nc(-c2ccc(Cl)cc2)oc1O. The molecule has 4 rings (SSSR count).